The van der Waals surface area contributed by atoms with E-state index in [1.807, 2.05) is 49.1 Å². The average Bonchev–Trinajstić information content (AvgIpc) is 2.73. The SMILES string of the molecule is CC(C)(C)N=C1C(N2CCOCC2)C(C)(C)C(=O)N1c1ccccc1. The van der Waals surface area contributed by atoms with Crippen LogP contribution >= 0.6 is 0 Å². The van der Waals surface area contributed by atoms with E-state index in [-0.39, 0.29) is 17.5 Å². The minimum absolute atomic E-state index is 0.0386. The van der Waals surface area contributed by atoms with Gasteiger partial charge in [0.15, 0.2) is 0 Å². The van der Waals surface area contributed by atoms with Gasteiger partial charge in [-0.2, -0.15) is 0 Å². The van der Waals surface area contributed by atoms with Crippen LogP contribution in [0.25, 0.3) is 0 Å². The molecular formula is C20H29N3O2. The molecule has 2 aliphatic heterocycles. The Balaban J connectivity index is 2.11. The zero-order valence-electron chi connectivity index (χ0n) is 16.0. The first-order valence-electron chi connectivity index (χ1n) is 9.03. The number of anilines is 1. The number of aliphatic imine (C=N–C) groups is 1. The molecule has 5 heteroatoms. The second-order valence-electron chi connectivity index (χ2n) is 8.39. The summed E-state index contributed by atoms with van der Waals surface area (Å²) in [6.45, 7) is 13.4. The number of benzene rings is 1. The summed E-state index contributed by atoms with van der Waals surface area (Å²) < 4.78 is 5.52. The molecule has 2 saturated heterocycles. The van der Waals surface area contributed by atoms with Crippen molar-refractivity contribution in [3.63, 3.8) is 0 Å². The van der Waals surface area contributed by atoms with E-state index in [0.717, 1.165) is 24.6 Å². The number of amidine groups is 1. The molecule has 2 aliphatic rings. The lowest BCUT2D eigenvalue weighted by atomic mass is 9.85. The molecule has 0 spiro atoms. The Hall–Kier alpha value is -1.72. The van der Waals surface area contributed by atoms with Gasteiger partial charge >= 0.3 is 0 Å². The van der Waals surface area contributed by atoms with Crippen LogP contribution in [0.1, 0.15) is 34.6 Å². The molecule has 25 heavy (non-hydrogen) atoms. The van der Waals surface area contributed by atoms with E-state index in [2.05, 4.69) is 25.7 Å². The molecule has 0 N–H and O–H groups in total. The fourth-order valence-corrected chi connectivity index (χ4v) is 3.69. The second kappa shape index (κ2) is 6.54. The summed E-state index contributed by atoms with van der Waals surface area (Å²) in [5.74, 6) is 0.966. The number of rotatable bonds is 2. The zero-order chi connectivity index (χ0) is 18.2. The standard InChI is InChI=1S/C20H29N3O2/c1-19(2,3)21-17-16(22-11-13-25-14-12-22)20(4,5)18(24)23(17)15-9-7-6-8-10-15/h6-10,16H,11-14H2,1-5H3. The normalized spacial score (nSPS) is 26.4. The Kier molecular flexibility index (Phi) is 4.73. The third-order valence-electron chi connectivity index (χ3n) is 4.79. The van der Waals surface area contributed by atoms with Gasteiger partial charge in [-0.25, -0.2) is 0 Å². The van der Waals surface area contributed by atoms with Crippen molar-refractivity contribution in [2.45, 2.75) is 46.2 Å². The molecule has 5 nitrogen and oxygen atoms in total. The summed E-state index contributed by atoms with van der Waals surface area (Å²) in [6.07, 6.45) is 0. The van der Waals surface area contributed by atoms with Gasteiger partial charge in [-0.1, -0.05) is 18.2 Å². The van der Waals surface area contributed by atoms with E-state index in [0.29, 0.717) is 13.2 Å². The molecule has 1 atom stereocenters. The molecule has 136 valence electrons. The highest BCUT2D eigenvalue weighted by molar-refractivity contribution is 6.27. The number of hydrogen-bond donors (Lipinski definition) is 0. The first-order chi connectivity index (χ1) is 11.7. The van der Waals surface area contributed by atoms with Gasteiger partial charge in [0, 0.05) is 13.1 Å². The largest absolute Gasteiger partial charge is 0.379 e. The van der Waals surface area contributed by atoms with Crippen LogP contribution < -0.4 is 4.90 Å². The minimum Gasteiger partial charge on any atom is -0.379 e. The third-order valence-corrected chi connectivity index (χ3v) is 4.79. The van der Waals surface area contributed by atoms with Crippen molar-refractivity contribution in [3.05, 3.63) is 30.3 Å². The van der Waals surface area contributed by atoms with E-state index in [1.165, 1.54) is 0 Å². The maximum Gasteiger partial charge on any atom is 0.240 e. The molecule has 0 radical (unpaired) electrons. The summed E-state index contributed by atoms with van der Waals surface area (Å²) in [7, 11) is 0. The highest BCUT2D eigenvalue weighted by Crippen LogP contribution is 2.40. The molecule has 1 amide bonds. The van der Waals surface area contributed by atoms with Crippen LogP contribution in [0.2, 0.25) is 0 Å². The molecule has 1 aromatic carbocycles. The number of ether oxygens (including phenoxy) is 1. The van der Waals surface area contributed by atoms with Crippen LogP contribution in [0.15, 0.2) is 35.3 Å². The highest BCUT2D eigenvalue weighted by atomic mass is 16.5. The van der Waals surface area contributed by atoms with Gasteiger partial charge < -0.3 is 4.74 Å². The second-order valence-corrected chi connectivity index (χ2v) is 8.39. The topological polar surface area (TPSA) is 45.1 Å². The summed E-state index contributed by atoms with van der Waals surface area (Å²) >= 11 is 0. The zero-order valence-corrected chi connectivity index (χ0v) is 16.0. The molecule has 0 saturated carbocycles. The highest BCUT2D eigenvalue weighted by Gasteiger charge is 2.55. The predicted molar refractivity (Wildman–Crippen MR) is 101 cm³/mol. The molecule has 0 bridgehead atoms. The quantitative estimate of drug-likeness (QED) is 0.829. The van der Waals surface area contributed by atoms with Crippen molar-refractivity contribution in [3.8, 4) is 0 Å². The number of carbonyl (C=O) groups is 1. The lowest BCUT2D eigenvalue weighted by Gasteiger charge is -2.37. The Morgan fingerprint density at radius 2 is 1.72 bits per heavy atom. The monoisotopic (exact) mass is 343 g/mol. The first-order valence-corrected chi connectivity index (χ1v) is 9.03. The summed E-state index contributed by atoms with van der Waals surface area (Å²) in [5, 5.41) is 0. The van der Waals surface area contributed by atoms with Crippen LogP contribution in [-0.2, 0) is 9.53 Å². The summed E-state index contributed by atoms with van der Waals surface area (Å²) in [4.78, 5) is 22.6. The van der Waals surface area contributed by atoms with Crippen molar-refractivity contribution in [1.29, 1.82) is 0 Å². The number of amides is 1. The molecule has 0 aliphatic carbocycles. The van der Waals surface area contributed by atoms with Crippen LogP contribution in [0, 0.1) is 5.41 Å². The first kappa shape index (κ1) is 18.1. The van der Waals surface area contributed by atoms with E-state index in [4.69, 9.17) is 9.73 Å². The van der Waals surface area contributed by atoms with Crippen LogP contribution in [0.5, 0.6) is 0 Å². The molecule has 2 fully saturated rings. The number of carbonyl (C=O) groups excluding carboxylic acids is 1. The maximum absolute atomic E-state index is 13.4. The molecule has 0 aromatic heterocycles. The third kappa shape index (κ3) is 3.48. The van der Waals surface area contributed by atoms with Gasteiger partial charge in [-0.15, -0.1) is 0 Å². The number of para-hydroxylation sites is 1. The average molecular weight is 343 g/mol. The fourth-order valence-electron chi connectivity index (χ4n) is 3.69. The van der Waals surface area contributed by atoms with Gasteiger partial charge in [0.05, 0.1) is 35.9 Å². The van der Waals surface area contributed by atoms with Crippen molar-refractivity contribution >= 4 is 17.4 Å². The van der Waals surface area contributed by atoms with E-state index < -0.39 is 5.41 Å². The molecule has 3 rings (SSSR count). The van der Waals surface area contributed by atoms with E-state index in [1.54, 1.807) is 0 Å². The number of hydrogen-bond acceptors (Lipinski definition) is 4. The molecule has 2 heterocycles. The fraction of sp³-hybridized carbons (Fsp3) is 0.600. The number of morpholine rings is 1. The lowest BCUT2D eigenvalue weighted by Crippen LogP contribution is -2.52. The van der Waals surface area contributed by atoms with Gasteiger partial charge in [0.2, 0.25) is 5.91 Å². The van der Waals surface area contributed by atoms with Crippen molar-refractivity contribution in [2.75, 3.05) is 31.2 Å². The van der Waals surface area contributed by atoms with Crippen LogP contribution in [-0.4, -0.2) is 54.5 Å². The van der Waals surface area contributed by atoms with Crippen molar-refractivity contribution in [1.82, 2.24) is 4.90 Å². The van der Waals surface area contributed by atoms with Gasteiger partial charge in [-0.3, -0.25) is 19.6 Å². The van der Waals surface area contributed by atoms with E-state index in [9.17, 15) is 4.79 Å². The number of nitrogens with zero attached hydrogens (tertiary/aromatic N) is 3. The summed E-state index contributed by atoms with van der Waals surface area (Å²) in [5.41, 5.74) is 0.101. The molecule has 1 unspecified atom stereocenters. The van der Waals surface area contributed by atoms with Crippen molar-refractivity contribution in [2.24, 2.45) is 10.4 Å². The van der Waals surface area contributed by atoms with Crippen molar-refractivity contribution < 1.29 is 9.53 Å². The van der Waals surface area contributed by atoms with Gasteiger partial charge in [-0.05, 0) is 46.8 Å². The van der Waals surface area contributed by atoms with Crippen LogP contribution in [0.4, 0.5) is 5.69 Å². The Morgan fingerprint density at radius 3 is 2.28 bits per heavy atom. The van der Waals surface area contributed by atoms with Crippen LogP contribution in [0.3, 0.4) is 0 Å². The maximum atomic E-state index is 13.4. The Morgan fingerprint density at radius 1 is 1.12 bits per heavy atom. The summed E-state index contributed by atoms with van der Waals surface area (Å²) in [6, 6.07) is 9.82. The molecular weight excluding hydrogens is 314 g/mol. The molecule has 1 aromatic rings. The predicted octanol–water partition coefficient (Wildman–Crippen LogP) is 2.96. The van der Waals surface area contributed by atoms with E-state index >= 15 is 0 Å². The minimum atomic E-state index is -0.530. The lowest BCUT2D eigenvalue weighted by molar-refractivity contribution is -0.126. The van der Waals surface area contributed by atoms with Gasteiger partial charge in [0.25, 0.3) is 0 Å². The van der Waals surface area contributed by atoms with Gasteiger partial charge in [0.1, 0.15) is 5.84 Å². The Bertz CT molecular complexity index is 655. The smallest absolute Gasteiger partial charge is 0.240 e. The Labute approximate surface area is 150 Å².